The van der Waals surface area contributed by atoms with E-state index in [1.807, 2.05) is 59.7 Å². The number of anilines is 1. The summed E-state index contributed by atoms with van der Waals surface area (Å²) in [6.07, 6.45) is 1.70. The van der Waals surface area contributed by atoms with E-state index in [4.69, 9.17) is 20.9 Å². The molecular formula is C18H25BClN3O2. The van der Waals surface area contributed by atoms with Gasteiger partial charge in [0.1, 0.15) is 0 Å². The van der Waals surface area contributed by atoms with E-state index in [2.05, 4.69) is 22.0 Å². The van der Waals surface area contributed by atoms with Crippen LogP contribution in [0.3, 0.4) is 0 Å². The topological polar surface area (TPSA) is 55.2 Å². The van der Waals surface area contributed by atoms with Crippen LogP contribution in [-0.4, -0.2) is 31.3 Å². The Morgan fingerprint density at radius 3 is 2.36 bits per heavy atom. The van der Waals surface area contributed by atoms with Crippen molar-refractivity contribution in [3.05, 3.63) is 34.7 Å². The SMILES string of the molecule is C=N/C(Nc1cccc(B2OC(C)(C)C(C)(C)O2)c1Cl)=C(\C)N=CC. The fourth-order valence-corrected chi connectivity index (χ4v) is 2.69. The lowest BCUT2D eigenvalue weighted by Crippen LogP contribution is -2.41. The molecule has 1 heterocycles. The number of rotatable bonds is 5. The molecule has 7 heteroatoms. The van der Waals surface area contributed by atoms with Crippen LogP contribution >= 0.6 is 11.6 Å². The Morgan fingerprint density at radius 1 is 1.24 bits per heavy atom. The third-order valence-electron chi connectivity index (χ3n) is 4.61. The normalized spacial score (nSPS) is 19.9. The van der Waals surface area contributed by atoms with Crippen molar-refractivity contribution in [1.82, 2.24) is 0 Å². The maximum absolute atomic E-state index is 6.61. The summed E-state index contributed by atoms with van der Waals surface area (Å²) in [4.78, 5) is 8.23. The van der Waals surface area contributed by atoms with Gasteiger partial charge in [-0.1, -0.05) is 23.7 Å². The summed E-state index contributed by atoms with van der Waals surface area (Å²) in [6, 6.07) is 5.66. The van der Waals surface area contributed by atoms with E-state index in [0.717, 1.165) is 11.2 Å². The highest BCUT2D eigenvalue weighted by Gasteiger charge is 2.52. The summed E-state index contributed by atoms with van der Waals surface area (Å²) in [5, 5.41) is 3.70. The minimum absolute atomic E-state index is 0.426. The molecule has 1 N–H and O–H groups in total. The van der Waals surface area contributed by atoms with Crippen molar-refractivity contribution in [2.45, 2.75) is 52.7 Å². The number of halogens is 1. The molecule has 1 aromatic rings. The van der Waals surface area contributed by atoms with Crippen molar-refractivity contribution >= 4 is 42.8 Å². The molecule has 1 aliphatic heterocycles. The molecule has 0 amide bonds. The van der Waals surface area contributed by atoms with Crippen molar-refractivity contribution in [1.29, 1.82) is 0 Å². The molecule has 5 nitrogen and oxygen atoms in total. The Kier molecular flexibility index (Phi) is 5.77. The van der Waals surface area contributed by atoms with Gasteiger partial charge in [-0.3, -0.25) is 4.99 Å². The quantitative estimate of drug-likeness (QED) is 0.636. The van der Waals surface area contributed by atoms with Gasteiger partial charge in [-0.25, -0.2) is 4.99 Å². The first-order chi connectivity index (χ1) is 11.6. The summed E-state index contributed by atoms with van der Waals surface area (Å²) >= 11 is 6.61. The van der Waals surface area contributed by atoms with Crippen LogP contribution in [0.4, 0.5) is 5.69 Å². The van der Waals surface area contributed by atoms with Gasteiger partial charge in [-0.15, -0.1) is 0 Å². The Balaban J connectivity index is 2.36. The smallest absolute Gasteiger partial charge is 0.399 e. The lowest BCUT2D eigenvalue weighted by atomic mass is 9.79. The van der Waals surface area contributed by atoms with E-state index in [1.165, 1.54) is 0 Å². The number of nitrogens with one attached hydrogen (secondary N) is 1. The summed E-state index contributed by atoms with van der Waals surface area (Å²) in [7, 11) is -0.530. The minimum atomic E-state index is -0.530. The van der Waals surface area contributed by atoms with Gasteiger partial charge in [-0.2, -0.15) is 0 Å². The standard InChI is InChI=1S/C18H25BClN3O2/c1-8-22-12(2)16(21-7)23-14-11-9-10-13(15(14)20)19-24-17(3,4)18(5,6)25-19/h8-11,23H,7H2,1-6H3/b16-12-,22-8?. The van der Waals surface area contributed by atoms with Crippen molar-refractivity contribution in [2.75, 3.05) is 5.32 Å². The summed E-state index contributed by atoms with van der Waals surface area (Å²) < 4.78 is 12.2. The first-order valence-corrected chi connectivity index (χ1v) is 8.58. The van der Waals surface area contributed by atoms with Crippen LogP contribution in [0.2, 0.25) is 5.02 Å². The molecular weight excluding hydrogens is 336 g/mol. The molecule has 2 rings (SSSR count). The predicted molar refractivity (Wildman–Crippen MR) is 107 cm³/mol. The van der Waals surface area contributed by atoms with E-state index in [1.54, 1.807) is 6.21 Å². The van der Waals surface area contributed by atoms with E-state index >= 15 is 0 Å². The molecule has 1 saturated heterocycles. The van der Waals surface area contributed by atoms with Crippen LogP contribution in [0.1, 0.15) is 41.5 Å². The maximum atomic E-state index is 6.61. The van der Waals surface area contributed by atoms with Gasteiger partial charge >= 0.3 is 7.12 Å². The van der Waals surface area contributed by atoms with E-state index < -0.39 is 18.3 Å². The Labute approximate surface area is 155 Å². The van der Waals surface area contributed by atoms with Gasteiger partial charge in [0.25, 0.3) is 0 Å². The molecule has 0 atom stereocenters. The largest absolute Gasteiger partial charge is 0.496 e. The van der Waals surface area contributed by atoms with Crippen molar-refractivity contribution in [3.63, 3.8) is 0 Å². The second-order valence-electron chi connectivity index (χ2n) is 6.90. The highest BCUT2D eigenvalue weighted by Crippen LogP contribution is 2.37. The second-order valence-corrected chi connectivity index (χ2v) is 7.28. The Morgan fingerprint density at radius 2 is 1.84 bits per heavy atom. The van der Waals surface area contributed by atoms with E-state index in [9.17, 15) is 0 Å². The van der Waals surface area contributed by atoms with Crippen molar-refractivity contribution in [3.8, 4) is 0 Å². The van der Waals surface area contributed by atoms with Crippen molar-refractivity contribution in [2.24, 2.45) is 9.98 Å². The monoisotopic (exact) mass is 361 g/mol. The number of nitrogens with zero attached hydrogens (tertiary/aromatic N) is 2. The Bertz CT molecular complexity index is 713. The fourth-order valence-electron chi connectivity index (χ4n) is 2.43. The number of hydrogen-bond acceptors (Lipinski definition) is 5. The van der Waals surface area contributed by atoms with Gasteiger partial charge in [0.2, 0.25) is 0 Å². The van der Waals surface area contributed by atoms with Gasteiger partial charge in [0.05, 0.1) is 27.6 Å². The predicted octanol–water partition coefficient (Wildman–Crippen LogP) is 4.03. The van der Waals surface area contributed by atoms with E-state index in [-0.39, 0.29) is 0 Å². The average Bonchev–Trinajstić information content (AvgIpc) is 2.74. The molecule has 0 aliphatic carbocycles. The fraction of sp³-hybridized carbons (Fsp3) is 0.444. The molecule has 134 valence electrons. The molecule has 0 unspecified atom stereocenters. The lowest BCUT2D eigenvalue weighted by Gasteiger charge is -2.32. The first-order valence-electron chi connectivity index (χ1n) is 8.20. The highest BCUT2D eigenvalue weighted by atomic mass is 35.5. The number of benzene rings is 1. The van der Waals surface area contributed by atoms with Crippen LogP contribution in [0.15, 0.2) is 39.7 Å². The van der Waals surface area contributed by atoms with Crippen molar-refractivity contribution < 1.29 is 9.31 Å². The van der Waals surface area contributed by atoms with Crippen LogP contribution < -0.4 is 10.8 Å². The zero-order valence-electron chi connectivity index (χ0n) is 15.7. The maximum Gasteiger partial charge on any atom is 0.496 e. The molecule has 1 fully saturated rings. The number of aliphatic imine (C=N–C) groups is 2. The summed E-state index contributed by atoms with van der Waals surface area (Å²) in [6.45, 7) is 15.3. The molecule has 0 aromatic heterocycles. The van der Waals surface area contributed by atoms with Gasteiger partial charge in [-0.05, 0) is 54.3 Å². The van der Waals surface area contributed by atoms with Crippen LogP contribution in [-0.2, 0) is 9.31 Å². The molecule has 0 bridgehead atoms. The van der Waals surface area contributed by atoms with Crippen LogP contribution in [0.5, 0.6) is 0 Å². The first kappa shape index (κ1) is 19.7. The average molecular weight is 362 g/mol. The minimum Gasteiger partial charge on any atom is -0.399 e. The van der Waals surface area contributed by atoms with Crippen LogP contribution in [0, 0.1) is 0 Å². The second kappa shape index (κ2) is 7.32. The molecule has 1 aromatic carbocycles. The molecule has 0 radical (unpaired) electrons. The van der Waals surface area contributed by atoms with Gasteiger partial charge < -0.3 is 14.6 Å². The highest BCUT2D eigenvalue weighted by molar-refractivity contribution is 6.66. The summed E-state index contributed by atoms with van der Waals surface area (Å²) in [5.41, 5.74) is 1.33. The Hall–Kier alpha value is -1.63. The third-order valence-corrected chi connectivity index (χ3v) is 5.03. The van der Waals surface area contributed by atoms with Gasteiger partial charge in [0, 0.05) is 11.7 Å². The van der Waals surface area contributed by atoms with E-state index in [0.29, 0.717) is 16.5 Å². The van der Waals surface area contributed by atoms with Crippen LogP contribution in [0.25, 0.3) is 0 Å². The zero-order chi connectivity index (χ0) is 18.8. The molecule has 25 heavy (non-hydrogen) atoms. The zero-order valence-corrected chi connectivity index (χ0v) is 16.4. The molecule has 1 aliphatic rings. The third kappa shape index (κ3) is 3.97. The lowest BCUT2D eigenvalue weighted by molar-refractivity contribution is 0.00578. The van der Waals surface area contributed by atoms with Gasteiger partial charge in [0.15, 0.2) is 5.82 Å². The molecule has 0 spiro atoms. The number of allylic oxidation sites excluding steroid dienone is 1. The number of hydrogen-bond donors (Lipinski definition) is 1. The summed E-state index contributed by atoms with van der Waals surface area (Å²) in [5.74, 6) is 0.547. The molecule has 0 saturated carbocycles.